The second-order valence-electron chi connectivity index (χ2n) is 4.57. The first-order chi connectivity index (χ1) is 7.26. The van der Waals surface area contributed by atoms with E-state index < -0.39 is 0 Å². The van der Waals surface area contributed by atoms with Crippen molar-refractivity contribution in [1.29, 1.82) is 5.26 Å². The van der Waals surface area contributed by atoms with Gasteiger partial charge in [0.25, 0.3) is 0 Å². The topological polar surface area (TPSA) is 39.1 Å². The van der Waals surface area contributed by atoms with Crippen LogP contribution < -0.4 is 5.32 Å². The molecule has 3 nitrogen and oxygen atoms in total. The van der Waals surface area contributed by atoms with Gasteiger partial charge in [0.1, 0.15) is 0 Å². The van der Waals surface area contributed by atoms with Crippen LogP contribution in [0.25, 0.3) is 0 Å². The van der Waals surface area contributed by atoms with Crippen molar-refractivity contribution in [3.8, 4) is 6.07 Å². The third-order valence-electron chi connectivity index (χ3n) is 3.26. The second-order valence-corrected chi connectivity index (χ2v) is 4.57. The molecule has 1 heterocycles. The van der Waals surface area contributed by atoms with Gasteiger partial charge in [0, 0.05) is 6.54 Å². The van der Waals surface area contributed by atoms with Crippen LogP contribution in [0.15, 0.2) is 0 Å². The predicted octanol–water partition coefficient (Wildman–Crippen LogP) is 1.47. The minimum absolute atomic E-state index is 0.140. The van der Waals surface area contributed by atoms with Gasteiger partial charge >= 0.3 is 0 Å². The van der Waals surface area contributed by atoms with Crippen molar-refractivity contribution in [2.24, 2.45) is 11.8 Å². The first-order valence-corrected chi connectivity index (χ1v) is 6.09. The smallest absolute Gasteiger partial charge is 0.0666 e. The Labute approximate surface area is 93.5 Å². The van der Waals surface area contributed by atoms with Gasteiger partial charge in [-0.3, -0.25) is 0 Å². The van der Waals surface area contributed by atoms with E-state index in [4.69, 9.17) is 5.26 Å². The van der Waals surface area contributed by atoms with E-state index in [1.807, 2.05) is 6.92 Å². The zero-order chi connectivity index (χ0) is 11.1. The third kappa shape index (κ3) is 4.63. The molecule has 1 unspecified atom stereocenters. The maximum Gasteiger partial charge on any atom is 0.0666 e. The molecule has 0 spiro atoms. The van der Waals surface area contributed by atoms with Crippen LogP contribution in [0.3, 0.4) is 0 Å². The van der Waals surface area contributed by atoms with Gasteiger partial charge in [0.15, 0.2) is 0 Å². The Bertz CT molecular complexity index is 201. The lowest BCUT2D eigenvalue weighted by Crippen LogP contribution is -2.37. The molecule has 0 bridgehead atoms. The Hall–Kier alpha value is -0.590. The lowest BCUT2D eigenvalue weighted by Gasteiger charge is -2.31. The van der Waals surface area contributed by atoms with E-state index in [-0.39, 0.29) is 5.92 Å². The van der Waals surface area contributed by atoms with Crippen LogP contribution in [-0.4, -0.2) is 37.6 Å². The van der Waals surface area contributed by atoms with Gasteiger partial charge in [-0.1, -0.05) is 6.92 Å². The molecule has 1 saturated heterocycles. The summed E-state index contributed by atoms with van der Waals surface area (Å²) in [7, 11) is 0. The highest BCUT2D eigenvalue weighted by atomic mass is 15.1. The molecule has 0 aromatic carbocycles. The van der Waals surface area contributed by atoms with E-state index in [0.29, 0.717) is 0 Å². The van der Waals surface area contributed by atoms with Crippen molar-refractivity contribution in [1.82, 2.24) is 10.2 Å². The van der Waals surface area contributed by atoms with Gasteiger partial charge in [0.05, 0.1) is 12.0 Å². The standard InChI is InChI=1S/C12H23N3/c1-3-15-6-4-12(5-7-15)10-14-9-11(2)8-13/h11-12,14H,3-7,9-10H2,1-2H3. The molecular weight excluding hydrogens is 186 g/mol. The fourth-order valence-electron chi connectivity index (χ4n) is 2.06. The predicted molar refractivity (Wildman–Crippen MR) is 62.5 cm³/mol. The zero-order valence-corrected chi connectivity index (χ0v) is 10.00. The van der Waals surface area contributed by atoms with E-state index in [2.05, 4.69) is 23.2 Å². The summed E-state index contributed by atoms with van der Waals surface area (Å²) in [4.78, 5) is 2.51. The van der Waals surface area contributed by atoms with E-state index >= 15 is 0 Å². The zero-order valence-electron chi connectivity index (χ0n) is 10.00. The maximum absolute atomic E-state index is 8.64. The average Bonchev–Trinajstić information content (AvgIpc) is 2.29. The summed E-state index contributed by atoms with van der Waals surface area (Å²) in [6, 6.07) is 2.25. The van der Waals surface area contributed by atoms with Crippen LogP contribution in [0.2, 0.25) is 0 Å². The third-order valence-corrected chi connectivity index (χ3v) is 3.26. The molecule has 0 saturated carbocycles. The molecule has 1 aliphatic heterocycles. The summed E-state index contributed by atoms with van der Waals surface area (Å²) in [6.45, 7) is 9.80. The number of rotatable bonds is 5. The number of hydrogen-bond donors (Lipinski definition) is 1. The van der Waals surface area contributed by atoms with Crippen molar-refractivity contribution in [3.05, 3.63) is 0 Å². The molecule has 0 aromatic rings. The monoisotopic (exact) mass is 209 g/mol. The summed E-state index contributed by atoms with van der Waals surface area (Å²) >= 11 is 0. The Kier molecular flexibility index (Phi) is 5.67. The second kappa shape index (κ2) is 6.81. The molecular formula is C12H23N3. The van der Waals surface area contributed by atoms with E-state index in [9.17, 15) is 0 Å². The maximum atomic E-state index is 8.64. The summed E-state index contributed by atoms with van der Waals surface area (Å²) in [5, 5.41) is 12.0. The molecule has 3 heteroatoms. The van der Waals surface area contributed by atoms with Gasteiger partial charge in [0.2, 0.25) is 0 Å². The fraction of sp³-hybridized carbons (Fsp3) is 0.917. The van der Waals surface area contributed by atoms with E-state index in [1.54, 1.807) is 0 Å². The van der Waals surface area contributed by atoms with Crippen LogP contribution in [0.5, 0.6) is 0 Å². The lowest BCUT2D eigenvalue weighted by molar-refractivity contribution is 0.190. The van der Waals surface area contributed by atoms with Crippen LogP contribution >= 0.6 is 0 Å². The molecule has 1 atom stereocenters. The van der Waals surface area contributed by atoms with Gasteiger partial charge in [-0.15, -0.1) is 0 Å². The van der Waals surface area contributed by atoms with Crippen molar-refractivity contribution in [3.63, 3.8) is 0 Å². The number of nitriles is 1. The first kappa shape index (κ1) is 12.5. The number of hydrogen-bond acceptors (Lipinski definition) is 3. The van der Waals surface area contributed by atoms with Crippen molar-refractivity contribution < 1.29 is 0 Å². The van der Waals surface area contributed by atoms with Crippen LogP contribution in [0.4, 0.5) is 0 Å². The summed E-state index contributed by atoms with van der Waals surface area (Å²) in [5.74, 6) is 0.958. The SMILES string of the molecule is CCN1CCC(CNCC(C)C#N)CC1. The largest absolute Gasteiger partial charge is 0.315 e. The molecule has 0 radical (unpaired) electrons. The van der Waals surface area contributed by atoms with Crippen molar-refractivity contribution >= 4 is 0 Å². The normalized spacial score (nSPS) is 21.1. The Morgan fingerprint density at radius 1 is 1.47 bits per heavy atom. The van der Waals surface area contributed by atoms with E-state index in [0.717, 1.165) is 19.0 Å². The van der Waals surface area contributed by atoms with Crippen LogP contribution in [-0.2, 0) is 0 Å². The van der Waals surface area contributed by atoms with Gasteiger partial charge < -0.3 is 10.2 Å². The first-order valence-electron chi connectivity index (χ1n) is 6.09. The highest BCUT2D eigenvalue weighted by Gasteiger charge is 2.17. The molecule has 86 valence electrons. The number of piperidine rings is 1. The number of likely N-dealkylation sites (tertiary alicyclic amines) is 1. The lowest BCUT2D eigenvalue weighted by atomic mass is 9.96. The van der Waals surface area contributed by atoms with Gasteiger partial charge in [-0.2, -0.15) is 5.26 Å². The van der Waals surface area contributed by atoms with Crippen LogP contribution in [0.1, 0.15) is 26.7 Å². The Morgan fingerprint density at radius 3 is 2.67 bits per heavy atom. The van der Waals surface area contributed by atoms with Gasteiger partial charge in [-0.05, 0) is 51.9 Å². The molecule has 1 aliphatic rings. The van der Waals surface area contributed by atoms with E-state index in [1.165, 1.54) is 32.5 Å². The quantitative estimate of drug-likeness (QED) is 0.745. The minimum Gasteiger partial charge on any atom is -0.315 e. The summed E-state index contributed by atoms with van der Waals surface area (Å²) in [6.07, 6.45) is 2.61. The molecule has 1 fully saturated rings. The van der Waals surface area contributed by atoms with Crippen molar-refractivity contribution in [2.75, 3.05) is 32.7 Å². The summed E-state index contributed by atoms with van der Waals surface area (Å²) < 4.78 is 0. The Balaban J connectivity index is 2.06. The molecule has 1 N–H and O–H groups in total. The Morgan fingerprint density at radius 2 is 2.13 bits per heavy atom. The van der Waals surface area contributed by atoms with Crippen LogP contribution in [0, 0.1) is 23.2 Å². The fourth-order valence-corrected chi connectivity index (χ4v) is 2.06. The van der Waals surface area contributed by atoms with Crippen molar-refractivity contribution in [2.45, 2.75) is 26.7 Å². The highest BCUT2D eigenvalue weighted by Crippen LogP contribution is 2.15. The summed E-state index contributed by atoms with van der Waals surface area (Å²) in [5.41, 5.74) is 0. The minimum atomic E-state index is 0.140. The molecule has 0 aliphatic carbocycles. The molecule has 15 heavy (non-hydrogen) atoms. The molecule has 1 rings (SSSR count). The number of nitrogens with one attached hydrogen (secondary N) is 1. The average molecular weight is 209 g/mol. The number of nitrogens with zero attached hydrogens (tertiary/aromatic N) is 2. The van der Waals surface area contributed by atoms with Gasteiger partial charge in [-0.25, -0.2) is 0 Å². The highest BCUT2D eigenvalue weighted by molar-refractivity contribution is 4.81. The molecule has 0 aromatic heterocycles. The molecule has 0 amide bonds.